The maximum absolute atomic E-state index is 13.2. The molecule has 0 aliphatic carbocycles. The zero-order valence-corrected chi connectivity index (χ0v) is 20.6. The van der Waals surface area contributed by atoms with Gasteiger partial charge in [0.05, 0.1) is 11.4 Å². The van der Waals surface area contributed by atoms with E-state index in [1.165, 1.54) is 11.1 Å². The third-order valence-corrected chi connectivity index (χ3v) is 6.65. The van der Waals surface area contributed by atoms with Crippen LogP contribution >= 0.6 is 0 Å². The van der Waals surface area contributed by atoms with Gasteiger partial charge < -0.3 is 10.6 Å². The fraction of sp³-hybridized carbons (Fsp3) is 0.385. The summed E-state index contributed by atoms with van der Waals surface area (Å²) in [6.07, 6.45) is 4.42. The van der Waals surface area contributed by atoms with Crippen molar-refractivity contribution < 1.29 is 0 Å². The van der Waals surface area contributed by atoms with Gasteiger partial charge in [0.15, 0.2) is 5.65 Å². The number of benzene rings is 1. The monoisotopic (exact) mass is 472 g/mol. The molecule has 0 fully saturated rings. The molecule has 9 nitrogen and oxygen atoms in total. The Balaban J connectivity index is 1.54. The first kappa shape index (κ1) is 23.2. The van der Waals surface area contributed by atoms with Crippen molar-refractivity contribution in [3.05, 3.63) is 69.9 Å². The lowest BCUT2D eigenvalue weighted by Gasteiger charge is -2.18. The van der Waals surface area contributed by atoms with E-state index in [-0.39, 0.29) is 5.56 Å². The molecule has 2 N–H and O–H groups in total. The molecule has 4 aromatic rings. The Bertz CT molecular complexity index is 1400. The molecule has 0 atom stereocenters. The average Bonchev–Trinajstić information content (AvgIpc) is 3.18. The lowest BCUT2D eigenvalue weighted by Crippen LogP contribution is -2.23. The Kier molecular flexibility index (Phi) is 6.61. The Hall–Kier alpha value is -3.56. The molecule has 0 spiro atoms. The summed E-state index contributed by atoms with van der Waals surface area (Å²) in [5.74, 6) is 0.464. The Morgan fingerprint density at radius 3 is 2.74 bits per heavy atom. The first-order valence-corrected chi connectivity index (χ1v) is 12.4. The molecule has 182 valence electrons. The van der Waals surface area contributed by atoms with Gasteiger partial charge in [-0.05, 0) is 68.4 Å². The maximum Gasteiger partial charge on any atom is 0.278 e. The predicted octanol–water partition coefficient (Wildman–Crippen LogP) is 3.23. The van der Waals surface area contributed by atoms with Crippen LogP contribution < -0.4 is 16.2 Å². The van der Waals surface area contributed by atoms with Crippen LogP contribution in [0.1, 0.15) is 37.6 Å². The number of hydrogen-bond acceptors (Lipinski definition) is 7. The van der Waals surface area contributed by atoms with Crippen molar-refractivity contribution >= 4 is 22.7 Å². The molecule has 0 bridgehead atoms. The number of nitrogens with zero attached hydrogens (tertiary/aromatic N) is 6. The molecule has 0 amide bonds. The number of fused-ring (bicyclic) bond motifs is 2. The Morgan fingerprint density at radius 2 is 1.94 bits per heavy atom. The van der Waals surface area contributed by atoms with Gasteiger partial charge in [-0.1, -0.05) is 19.9 Å². The molecule has 0 radical (unpaired) electrons. The van der Waals surface area contributed by atoms with Gasteiger partial charge in [0, 0.05) is 37.7 Å². The highest BCUT2D eigenvalue weighted by Gasteiger charge is 2.18. The van der Waals surface area contributed by atoms with Crippen molar-refractivity contribution in [2.45, 2.75) is 46.8 Å². The molecule has 3 aromatic heterocycles. The van der Waals surface area contributed by atoms with E-state index in [4.69, 9.17) is 4.98 Å². The number of hydrogen-bond donors (Lipinski definition) is 2. The summed E-state index contributed by atoms with van der Waals surface area (Å²) < 4.78 is 3.59. The van der Waals surface area contributed by atoms with Crippen LogP contribution in [-0.4, -0.2) is 48.8 Å². The molecule has 9 heteroatoms. The van der Waals surface area contributed by atoms with E-state index >= 15 is 0 Å². The molecule has 0 unspecified atom stereocenters. The number of pyridine rings is 1. The summed E-state index contributed by atoms with van der Waals surface area (Å²) >= 11 is 0. The Morgan fingerprint density at radius 1 is 1.09 bits per heavy atom. The van der Waals surface area contributed by atoms with Crippen LogP contribution in [0, 0.1) is 0 Å². The molecule has 0 saturated heterocycles. The van der Waals surface area contributed by atoms with Crippen molar-refractivity contribution in [3.8, 4) is 5.69 Å². The van der Waals surface area contributed by atoms with Crippen molar-refractivity contribution in [2.24, 2.45) is 0 Å². The highest BCUT2D eigenvalue weighted by molar-refractivity contribution is 5.77. The zero-order chi connectivity index (χ0) is 24.4. The summed E-state index contributed by atoms with van der Waals surface area (Å²) in [5.41, 5.74) is 5.90. The second kappa shape index (κ2) is 9.97. The second-order valence-electron chi connectivity index (χ2n) is 8.77. The van der Waals surface area contributed by atoms with Crippen LogP contribution in [-0.2, 0) is 26.1 Å². The summed E-state index contributed by atoms with van der Waals surface area (Å²) in [6.45, 7) is 11.3. The van der Waals surface area contributed by atoms with Crippen LogP contribution in [0.3, 0.4) is 0 Å². The third kappa shape index (κ3) is 4.56. The van der Waals surface area contributed by atoms with Gasteiger partial charge in [0.2, 0.25) is 5.95 Å². The maximum atomic E-state index is 13.2. The van der Waals surface area contributed by atoms with Crippen LogP contribution in [0.15, 0.2) is 47.5 Å². The van der Waals surface area contributed by atoms with Gasteiger partial charge in [0.1, 0.15) is 5.39 Å². The topological polar surface area (TPSA) is 92.9 Å². The zero-order valence-electron chi connectivity index (χ0n) is 20.6. The normalized spacial score (nSPS) is 13.4. The fourth-order valence-electron chi connectivity index (χ4n) is 4.68. The van der Waals surface area contributed by atoms with Gasteiger partial charge in [0.25, 0.3) is 5.56 Å². The highest BCUT2D eigenvalue weighted by atomic mass is 16.1. The predicted molar refractivity (Wildman–Crippen MR) is 138 cm³/mol. The average molecular weight is 473 g/mol. The van der Waals surface area contributed by atoms with Gasteiger partial charge in [-0.2, -0.15) is 4.98 Å². The van der Waals surface area contributed by atoms with E-state index in [0.29, 0.717) is 23.5 Å². The largest absolute Gasteiger partial charge is 0.324 e. The third-order valence-electron chi connectivity index (χ3n) is 6.65. The molecule has 1 aliphatic rings. The first-order chi connectivity index (χ1) is 17.1. The van der Waals surface area contributed by atoms with Crippen molar-refractivity contribution in [3.63, 3.8) is 0 Å². The quantitative estimate of drug-likeness (QED) is 0.407. The van der Waals surface area contributed by atoms with Crippen LogP contribution in [0.4, 0.5) is 11.6 Å². The number of aromatic nitrogens is 5. The molecule has 5 rings (SSSR count). The van der Waals surface area contributed by atoms with E-state index < -0.39 is 0 Å². The van der Waals surface area contributed by atoms with Crippen molar-refractivity contribution in [1.29, 1.82) is 0 Å². The summed E-state index contributed by atoms with van der Waals surface area (Å²) in [6, 6.07) is 10.3. The van der Waals surface area contributed by atoms with E-state index in [1.807, 2.05) is 29.8 Å². The second-order valence-corrected chi connectivity index (χ2v) is 8.77. The fourth-order valence-corrected chi connectivity index (χ4v) is 4.68. The highest BCUT2D eigenvalue weighted by Crippen LogP contribution is 2.23. The lowest BCUT2D eigenvalue weighted by atomic mass is 10.0. The SMILES string of the molecule is CCN(CC)Cc1cc(-n2c3nc(Nc4ccc5c(c4)CCNC5)ncc3c(=O)n2CC)ccn1. The van der Waals surface area contributed by atoms with E-state index in [2.05, 4.69) is 51.5 Å². The van der Waals surface area contributed by atoms with Crippen LogP contribution in [0.2, 0.25) is 0 Å². The van der Waals surface area contributed by atoms with Gasteiger partial charge in [-0.15, -0.1) is 0 Å². The van der Waals surface area contributed by atoms with Gasteiger partial charge >= 0.3 is 0 Å². The number of anilines is 2. The molecule has 35 heavy (non-hydrogen) atoms. The van der Waals surface area contributed by atoms with Crippen molar-refractivity contribution in [2.75, 3.05) is 25.0 Å². The van der Waals surface area contributed by atoms with E-state index in [1.54, 1.807) is 17.1 Å². The van der Waals surface area contributed by atoms with Crippen LogP contribution in [0.5, 0.6) is 0 Å². The smallest absolute Gasteiger partial charge is 0.278 e. The molecule has 1 aromatic carbocycles. The lowest BCUT2D eigenvalue weighted by molar-refractivity contribution is 0.292. The van der Waals surface area contributed by atoms with E-state index in [9.17, 15) is 4.79 Å². The summed E-state index contributed by atoms with van der Waals surface area (Å²) in [4.78, 5) is 29.3. The van der Waals surface area contributed by atoms with Crippen LogP contribution in [0.25, 0.3) is 16.7 Å². The minimum Gasteiger partial charge on any atom is -0.324 e. The molecular weight excluding hydrogens is 440 g/mol. The molecule has 0 saturated carbocycles. The summed E-state index contributed by atoms with van der Waals surface area (Å²) in [7, 11) is 0. The van der Waals surface area contributed by atoms with Crippen molar-refractivity contribution in [1.82, 2.24) is 34.5 Å². The van der Waals surface area contributed by atoms with Gasteiger partial charge in [-0.25, -0.2) is 14.3 Å². The minimum absolute atomic E-state index is 0.0996. The molecule has 1 aliphatic heterocycles. The van der Waals surface area contributed by atoms with Gasteiger partial charge in [-0.3, -0.25) is 14.7 Å². The molecule has 4 heterocycles. The number of nitrogens with one attached hydrogen (secondary N) is 2. The standard InChI is InChI=1S/C26H32N8O/c1-4-32(5-2)17-21-14-22(10-12-28-21)34-24-23(25(35)33(34)6-3)16-29-26(31-24)30-20-8-7-19-15-27-11-9-18(19)13-20/h7-8,10,12-14,16,27H,4-6,9,11,15,17H2,1-3H3,(H,29,30,31). The molecular formula is C26H32N8O. The minimum atomic E-state index is -0.0996. The van der Waals surface area contributed by atoms with E-state index in [0.717, 1.165) is 56.2 Å². The number of rotatable bonds is 8. The summed E-state index contributed by atoms with van der Waals surface area (Å²) in [5, 5.41) is 7.23. The Labute approximate surface area is 204 Å². The first-order valence-electron chi connectivity index (χ1n) is 12.4.